The van der Waals surface area contributed by atoms with E-state index in [0.29, 0.717) is 5.82 Å². The summed E-state index contributed by atoms with van der Waals surface area (Å²) in [4.78, 5) is 11.9. The normalized spacial score (nSPS) is 10.5. The molecule has 0 saturated heterocycles. The summed E-state index contributed by atoms with van der Waals surface area (Å²) in [6.45, 7) is 2.05. The maximum absolute atomic E-state index is 13.7. The van der Waals surface area contributed by atoms with Crippen LogP contribution in [0.3, 0.4) is 0 Å². The summed E-state index contributed by atoms with van der Waals surface area (Å²) in [7, 11) is 0. The van der Waals surface area contributed by atoms with Crippen LogP contribution in [0.1, 0.15) is 29.4 Å². The van der Waals surface area contributed by atoms with Crippen LogP contribution in [0, 0.1) is 5.82 Å². The van der Waals surface area contributed by atoms with Crippen LogP contribution in [0.4, 0.5) is 10.2 Å². The Hall–Kier alpha value is -1.69. The third-order valence-electron chi connectivity index (χ3n) is 2.59. The second-order valence-electron chi connectivity index (χ2n) is 4.08. The maximum Gasteiger partial charge on any atom is 0.259 e. The summed E-state index contributed by atoms with van der Waals surface area (Å²) >= 11 is 3.05. The Morgan fingerprint density at radius 3 is 3.05 bits per heavy atom. The Labute approximate surface area is 118 Å². The molecule has 0 spiro atoms. The van der Waals surface area contributed by atoms with Crippen LogP contribution in [-0.4, -0.2) is 16.1 Å². The van der Waals surface area contributed by atoms with Gasteiger partial charge in [-0.1, -0.05) is 19.4 Å². The smallest absolute Gasteiger partial charge is 0.259 e. The molecule has 0 aliphatic carbocycles. The Balaban J connectivity index is 2.14. The highest BCUT2D eigenvalue weighted by atomic mass is 79.9. The molecule has 0 fully saturated rings. The first-order valence-electron chi connectivity index (χ1n) is 5.91. The quantitative estimate of drug-likeness (QED) is 0.903. The number of amides is 1. The average Bonchev–Trinajstić information content (AvgIpc) is 2.80. The number of carbonyl (C=O) groups excluding carboxylic acids is 1. The molecule has 2 aromatic rings. The largest absolute Gasteiger partial charge is 0.305 e. The SMILES string of the molecule is CCCc1cc(NC(=O)c2cccc(Br)c2F)n[nH]1. The van der Waals surface area contributed by atoms with Crippen molar-refractivity contribution in [3.8, 4) is 0 Å². The molecule has 1 amide bonds. The number of carbonyl (C=O) groups is 1. The molecule has 100 valence electrons. The number of aromatic nitrogens is 2. The Morgan fingerprint density at radius 1 is 1.53 bits per heavy atom. The van der Waals surface area contributed by atoms with Crippen molar-refractivity contribution < 1.29 is 9.18 Å². The Morgan fingerprint density at radius 2 is 2.32 bits per heavy atom. The van der Waals surface area contributed by atoms with Gasteiger partial charge in [0.25, 0.3) is 5.91 Å². The molecule has 0 unspecified atom stereocenters. The van der Waals surface area contributed by atoms with Crippen molar-refractivity contribution in [2.24, 2.45) is 0 Å². The van der Waals surface area contributed by atoms with Gasteiger partial charge >= 0.3 is 0 Å². The average molecular weight is 326 g/mol. The third kappa shape index (κ3) is 3.20. The molecule has 6 heteroatoms. The summed E-state index contributed by atoms with van der Waals surface area (Å²) in [5.74, 6) is -0.703. The molecule has 0 saturated carbocycles. The predicted octanol–water partition coefficient (Wildman–Crippen LogP) is 3.52. The lowest BCUT2D eigenvalue weighted by atomic mass is 10.2. The summed E-state index contributed by atoms with van der Waals surface area (Å²) in [5.41, 5.74) is 0.918. The van der Waals surface area contributed by atoms with Gasteiger partial charge in [0.15, 0.2) is 5.82 Å². The molecule has 2 rings (SSSR count). The first-order valence-corrected chi connectivity index (χ1v) is 6.70. The Bertz CT molecular complexity index is 597. The minimum atomic E-state index is -0.579. The van der Waals surface area contributed by atoms with Gasteiger partial charge in [0, 0.05) is 11.8 Å². The van der Waals surface area contributed by atoms with Crippen LogP contribution in [0.15, 0.2) is 28.7 Å². The fourth-order valence-corrected chi connectivity index (χ4v) is 2.05. The molecule has 1 aromatic carbocycles. The van der Waals surface area contributed by atoms with Crippen LogP contribution >= 0.6 is 15.9 Å². The number of anilines is 1. The van der Waals surface area contributed by atoms with Crippen LogP contribution in [0.25, 0.3) is 0 Å². The van der Waals surface area contributed by atoms with Crippen LogP contribution < -0.4 is 5.32 Å². The van der Waals surface area contributed by atoms with Crippen molar-refractivity contribution in [1.29, 1.82) is 0 Å². The fraction of sp³-hybridized carbons (Fsp3) is 0.231. The molecule has 4 nitrogen and oxygen atoms in total. The van der Waals surface area contributed by atoms with Crippen molar-refractivity contribution in [3.05, 3.63) is 45.8 Å². The van der Waals surface area contributed by atoms with E-state index in [1.165, 1.54) is 6.07 Å². The molecule has 0 radical (unpaired) electrons. The number of hydrogen-bond acceptors (Lipinski definition) is 2. The second kappa shape index (κ2) is 5.97. The lowest BCUT2D eigenvalue weighted by Crippen LogP contribution is -2.14. The molecule has 1 aromatic heterocycles. The van der Waals surface area contributed by atoms with Crippen molar-refractivity contribution >= 4 is 27.7 Å². The summed E-state index contributed by atoms with van der Waals surface area (Å²) < 4.78 is 14.0. The topological polar surface area (TPSA) is 57.8 Å². The number of nitrogens with one attached hydrogen (secondary N) is 2. The Kier molecular flexibility index (Phi) is 4.31. The zero-order valence-electron chi connectivity index (χ0n) is 10.3. The molecule has 1 heterocycles. The van der Waals surface area contributed by atoms with Crippen LogP contribution in [-0.2, 0) is 6.42 Å². The molecule has 2 N–H and O–H groups in total. The van der Waals surface area contributed by atoms with E-state index in [-0.39, 0.29) is 10.0 Å². The first-order chi connectivity index (χ1) is 9.11. The van der Waals surface area contributed by atoms with Gasteiger partial charge in [0.2, 0.25) is 0 Å². The minimum absolute atomic E-state index is 0.0191. The maximum atomic E-state index is 13.7. The minimum Gasteiger partial charge on any atom is -0.305 e. The predicted molar refractivity (Wildman–Crippen MR) is 74.6 cm³/mol. The molecule has 0 aliphatic rings. The van der Waals surface area contributed by atoms with E-state index in [9.17, 15) is 9.18 Å². The zero-order valence-corrected chi connectivity index (χ0v) is 11.9. The number of aromatic amines is 1. The highest BCUT2D eigenvalue weighted by Crippen LogP contribution is 2.19. The highest BCUT2D eigenvalue weighted by molar-refractivity contribution is 9.10. The van der Waals surface area contributed by atoms with Gasteiger partial charge in [-0.15, -0.1) is 0 Å². The highest BCUT2D eigenvalue weighted by Gasteiger charge is 2.15. The van der Waals surface area contributed by atoms with Crippen molar-refractivity contribution in [2.45, 2.75) is 19.8 Å². The van der Waals surface area contributed by atoms with Crippen molar-refractivity contribution in [1.82, 2.24) is 10.2 Å². The van der Waals surface area contributed by atoms with Crippen LogP contribution in [0.5, 0.6) is 0 Å². The van der Waals surface area contributed by atoms with E-state index in [4.69, 9.17) is 0 Å². The van der Waals surface area contributed by atoms with Gasteiger partial charge in [-0.2, -0.15) is 5.10 Å². The number of halogens is 2. The summed E-state index contributed by atoms with van der Waals surface area (Å²) in [5, 5.41) is 9.35. The van der Waals surface area contributed by atoms with E-state index in [0.717, 1.165) is 18.5 Å². The van der Waals surface area contributed by atoms with Gasteiger partial charge in [-0.3, -0.25) is 9.89 Å². The number of H-pyrrole nitrogens is 1. The van der Waals surface area contributed by atoms with Gasteiger partial charge in [0.05, 0.1) is 10.0 Å². The van der Waals surface area contributed by atoms with Gasteiger partial charge in [0.1, 0.15) is 5.82 Å². The monoisotopic (exact) mass is 325 g/mol. The fourth-order valence-electron chi connectivity index (χ4n) is 1.69. The number of rotatable bonds is 4. The molecule has 0 aliphatic heterocycles. The van der Waals surface area contributed by atoms with E-state index in [1.54, 1.807) is 18.2 Å². The van der Waals surface area contributed by atoms with E-state index < -0.39 is 11.7 Å². The number of nitrogens with zero attached hydrogens (tertiary/aromatic N) is 1. The summed E-state index contributed by atoms with van der Waals surface area (Å²) in [6.07, 6.45) is 1.84. The van der Waals surface area contributed by atoms with Crippen LogP contribution in [0.2, 0.25) is 0 Å². The molecule has 19 heavy (non-hydrogen) atoms. The van der Waals surface area contributed by atoms with Gasteiger partial charge in [-0.05, 0) is 34.5 Å². The van der Waals surface area contributed by atoms with Crippen molar-refractivity contribution in [2.75, 3.05) is 5.32 Å². The second-order valence-corrected chi connectivity index (χ2v) is 4.94. The number of aryl methyl sites for hydroxylation is 1. The molecular formula is C13H13BrFN3O. The lowest BCUT2D eigenvalue weighted by molar-refractivity contribution is 0.102. The third-order valence-corrected chi connectivity index (χ3v) is 3.20. The van der Waals surface area contributed by atoms with Gasteiger partial charge in [-0.25, -0.2) is 4.39 Å². The lowest BCUT2D eigenvalue weighted by Gasteiger charge is -2.04. The van der Waals surface area contributed by atoms with E-state index in [1.807, 2.05) is 0 Å². The van der Waals surface area contributed by atoms with Gasteiger partial charge < -0.3 is 5.32 Å². The zero-order chi connectivity index (χ0) is 13.8. The first kappa shape index (κ1) is 13.7. The molecule has 0 bridgehead atoms. The van der Waals surface area contributed by atoms with Crippen molar-refractivity contribution in [3.63, 3.8) is 0 Å². The molecule has 0 atom stereocenters. The standard InChI is InChI=1S/C13H13BrFN3O/c1-2-4-8-7-11(18-17-8)16-13(19)9-5-3-6-10(14)12(9)15/h3,5-7H,2,4H2,1H3,(H2,16,17,18,19). The number of benzene rings is 1. The van der Waals surface area contributed by atoms with E-state index >= 15 is 0 Å². The number of hydrogen-bond donors (Lipinski definition) is 2. The molecular weight excluding hydrogens is 313 g/mol. The van der Waals surface area contributed by atoms with E-state index in [2.05, 4.69) is 38.4 Å². The summed E-state index contributed by atoms with van der Waals surface area (Å²) in [6, 6.07) is 6.32.